The number of rotatable bonds is 8. The first kappa shape index (κ1) is 14.9. The van der Waals surface area contributed by atoms with Gasteiger partial charge in [0.1, 0.15) is 0 Å². The van der Waals surface area contributed by atoms with E-state index in [2.05, 4.69) is 51.9 Å². The van der Waals surface area contributed by atoms with Crippen LogP contribution in [0, 0.1) is 11.3 Å². The van der Waals surface area contributed by atoms with Gasteiger partial charge in [-0.2, -0.15) is 0 Å². The van der Waals surface area contributed by atoms with Gasteiger partial charge in [0.15, 0.2) is 0 Å². The predicted octanol–water partition coefficient (Wildman–Crippen LogP) is 2.60. The monoisotopic (exact) mass is 214 g/mol. The van der Waals surface area contributed by atoms with Gasteiger partial charge < -0.3 is 10.2 Å². The molecule has 0 spiro atoms. The maximum Gasteiger partial charge on any atom is 0.00418 e. The van der Waals surface area contributed by atoms with Crippen LogP contribution in [0.5, 0.6) is 0 Å². The second-order valence-electron chi connectivity index (χ2n) is 5.86. The van der Waals surface area contributed by atoms with Crippen LogP contribution in [0.3, 0.4) is 0 Å². The average Bonchev–Trinajstić information content (AvgIpc) is 2.11. The molecule has 2 nitrogen and oxygen atoms in total. The van der Waals surface area contributed by atoms with E-state index < -0.39 is 0 Å². The summed E-state index contributed by atoms with van der Waals surface area (Å²) in [6.07, 6.45) is 1.30. The van der Waals surface area contributed by atoms with Gasteiger partial charge in [0.2, 0.25) is 0 Å². The first-order valence-corrected chi connectivity index (χ1v) is 6.26. The lowest BCUT2D eigenvalue weighted by molar-refractivity contribution is 0.198. The quantitative estimate of drug-likeness (QED) is 0.668. The molecule has 2 heteroatoms. The smallest absolute Gasteiger partial charge is 0.00418 e. The molecule has 0 unspecified atom stereocenters. The Bertz CT molecular complexity index is 153. The van der Waals surface area contributed by atoms with Gasteiger partial charge in [0, 0.05) is 13.1 Å². The molecule has 0 bridgehead atoms. The lowest BCUT2D eigenvalue weighted by Crippen LogP contribution is -2.39. The molecule has 0 atom stereocenters. The van der Waals surface area contributed by atoms with Crippen molar-refractivity contribution in [3.8, 4) is 0 Å². The van der Waals surface area contributed by atoms with Gasteiger partial charge in [0.05, 0.1) is 0 Å². The van der Waals surface area contributed by atoms with Crippen molar-refractivity contribution in [1.82, 2.24) is 10.2 Å². The van der Waals surface area contributed by atoms with Crippen LogP contribution in [-0.4, -0.2) is 38.1 Å². The zero-order chi connectivity index (χ0) is 11.9. The Morgan fingerprint density at radius 3 is 2.33 bits per heavy atom. The Kier molecular flexibility index (Phi) is 7.20. The van der Waals surface area contributed by atoms with E-state index in [1.807, 2.05) is 0 Å². The lowest BCUT2D eigenvalue weighted by Gasteiger charge is -2.30. The standard InChI is InChI=1S/C13H30N2/c1-7-14-10-13(4,5)11-15(6)9-8-12(2)3/h12,14H,7-11H2,1-6H3. The third kappa shape index (κ3) is 8.88. The topological polar surface area (TPSA) is 15.3 Å². The molecule has 0 saturated heterocycles. The maximum atomic E-state index is 3.43. The predicted molar refractivity (Wildman–Crippen MR) is 69.3 cm³/mol. The minimum absolute atomic E-state index is 0.377. The number of hydrogen-bond acceptors (Lipinski definition) is 2. The number of nitrogens with one attached hydrogen (secondary N) is 1. The van der Waals surface area contributed by atoms with Crippen LogP contribution in [-0.2, 0) is 0 Å². The second kappa shape index (κ2) is 7.24. The summed E-state index contributed by atoms with van der Waals surface area (Å²) in [4.78, 5) is 2.46. The molecule has 0 aromatic heterocycles. The van der Waals surface area contributed by atoms with E-state index in [0.29, 0.717) is 5.41 Å². The van der Waals surface area contributed by atoms with Gasteiger partial charge >= 0.3 is 0 Å². The molecule has 92 valence electrons. The van der Waals surface area contributed by atoms with Crippen LogP contribution >= 0.6 is 0 Å². The van der Waals surface area contributed by atoms with Crippen molar-refractivity contribution >= 4 is 0 Å². The van der Waals surface area contributed by atoms with Crippen LogP contribution in [0.2, 0.25) is 0 Å². The van der Waals surface area contributed by atoms with Crippen LogP contribution in [0.4, 0.5) is 0 Å². The normalized spacial score (nSPS) is 12.8. The van der Waals surface area contributed by atoms with Crippen molar-refractivity contribution in [1.29, 1.82) is 0 Å². The van der Waals surface area contributed by atoms with Gasteiger partial charge in [-0.3, -0.25) is 0 Å². The third-order valence-electron chi connectivity index (χ3n) is 2.64. The van der Waals surface area contributed by atoms with Crippen molar-refractivity contribution in [2.24, 2.45) is 11.3 Å². The van der Waals surface area contributed by atoms with E-state index in [-0.39, 0.29) is 0 Å². The summed E-state index contributed by atoms with van der Waals surface area (Å²) in [5, 5.41) is 3.43. The van der Waals surface area contributed by atoms with Crippen LogP contribution < -0.4 is 5.32 Å². The van der Waals surface area contributed by atoms with Gasteiger partial charge in [0.25, 0.3) is 0 Å². The fraction of sp³-hybridized carbons (Fsp3) is 1.00. The Labute approximate surface area is 96.4 Å². The molecule has 0 rings (SSSR count). The van der Waals surface area contributed by atoms with Crippen molar-refractivity contribution in [2.45, 2.75) is 41.0 Å². The molecule has 0 aliphatic heterocycles. The van der Waals surface area contributed by atoms with E-state index in [9.17, 15) is 0 Å². The second-order valence-corrected chi connectivity index (χ2v) is 5.86. The zero-order valence-corrected chi connectivity index (χ0v) is 11.6. The molecular weight excluding hydrogens is 184 g/mol. The molecule has 0 fully saturated rings. The molecule has 0 aromatic carbocycles. The Morgan fingerprint density at radius 1 is 1.27 bits per heavy atom. The molecule has 0 aliphatic carbocycles. The van der Waals surface area contributed by atoms with Crippen LogP contribution in [0.1, 0.15) is 41.0 Å². The zero-order valence-electron chi connectivity index (χ0n) is 11.6. The minimum atomic E-state index is 0.377. The average molecular weight is 214 g/mol. The van der Waals surface area contributed by atoms with Crippen molar-refractivity contribution in [2.75, 3.05) is 33.2 Å². The SMILES string of the molecule is CCNCC(C)(C)CN(C)CCC(C)C. The van der Waals surface area contributed by atoms with Crippen molar-refractivity contribution in [3.05, 3.63) is 0 Å². The van der Waals surface area contributed by atoms with E-state index in [0.717, 1.165) is 19.0 Å². The van der Waals surface area contributed by atoms with Gasteiger partial charge in [-0.05, 0) is 37.9 Å². The molecule has 0 radical (unpaired) electrons. The van der Waals surface area contributed by atoms with E-state index in [4.69, 9.17) is 0 Å². The fourth-order valence-electron chi connectivity index (χ4n) is 1.81. The van der Waals surface area contributed by atoms with Crippen molar-refractivity contribution in [3.63, 3.8) is 0 Å². The molecule has 0 aliphatic rings. The van der Waals surface area contributed by atoms with Gasteiger partial charge in [-0.25, -0.2) is 0 Å². The fourth-order valence-corrected chi connectivity index (χ4v) is 1.81. The lowest BCUT2D eigenvalue weighted by atomic mass is 9.92. The third-order valence-corrected chi connectivity index (χ3v) is 2.64. The molecule has 0 aromatic rings. The van der Waals surface area contributed by atoms with Crippen LogP contribution in [0.25, 0.3) is 0 Å². The Hall–Kier alpha value is -0.0800. The summed E-state index contributed by atoms with van der Waals surface area (Å²) >= 11 is 0. The molecule has 0 heterocycles. The summed E-state index contributed by atoms with van der Waals surface area (Å²) in [5.74, 6) is 0.810. The van der Waals surface area contributed by atoms with Crippen LogP contribution in [0.15, 0.2) is 0 Å². The number of nitrogens with zero attached hydrogens (tertiary/aromatic N) is 1. The summed E-state index contributed by atoms with van der Waals surface area (Å²) < 4.78 is 0. The maximum absolute atomic E-state index is 3.43. The van der Waals surface area contributed by atoms with Gasteiger partial charge in [-0.15, -0.1) is 0 Å². The highest BCUT2D eigenvalue weighted by atomic mass is 15.1. The van der Waals surface area contributed by atoms with E-state index in [1.165, 1.54) is 19.5 Å². The molecule has 15 heavy (non-hydrogen) atoms. The molecule has 1 N–H and O–H groups in total. The highest BCUT2D eigenvalue weighted by molar-refractivity contribution is 4.74. The Balaban J connectivity index is 3.76. The summed E-state index contributed by atoms with van der Waals surface area (Å²) in [6.45, 7) is 16.0. The molecule has 0 saturated carbocycles. The highest BCUT2D eigenvalue weighted by Crippen LogP contribution is 2.15. The molecular formula is C13H30N2. The molecule has 0 amide bonds. The summed E-state index contributed by atoms with van der Waals surface area (Å²) in [6, 6.07) is 0. The first-order valence-electron chi connectivity index (χ1n) is 6.26. The summed E-state index contributed by atoms with van der Waals surface area (Å²) in [5.41, 5.74) is 0.377. The number of hydrogen-bond donors (Lipinski definition) is 1. The van der Waals surface area contributed by atoms with E-state index >= 15 is 0 Å². The van der Waals surface area contributed by atoms with Gasteiger partial charge in [-0.1, -0.05) is 34.6 Å². The van der Waals surface area contributed by atoms with E-state index in [1.54, 1.807) is 0 Å². The van der Waals surface area contributed by atoms with Crippen molar-refractivity contribution < 1.29 is 0 Å². The summed E-state index contributed by atoms with van der Waals surface area (Å²) in [7, 11) is 2.23. The highest BCUT2D eigenvalue weighted by Gasteiger charge is 2.19. The first-order chi connectivity index (χ1) is 6.87. The minimum Gasteiger partial charge on any atom is -0.316 e. The Morgan fingerprint density at radius 2 is 1.87 bits per heavy atom. The largest absolute Gasteiger partial charge is 0.316 e.